The van der Waals surface area contributed by atoms with Crippen LogP contribution in [0.3, 0.4) is 0 Å². The van der Waals surface area contributed by atoms with Crippen molar-refractivity contribution in [2.75, 3.05) is 5.32 Å². The Kier molecular flexibility index (Phi) is 4.79. The highest BCUT2D eigenvalue weighted by molar-refractivity contribution is 8.00. The molecule has 0 aliphatic rings. The molecule has 0 saturated heterocycles. The molecule has 0 saturated carbocycles. The first-order valence-corrected chi connectivity index (χ1v) is 7.40. The van der Waals surface area contributed by atoms with Crippen molar-refractivity contribution < 1.29 is 4.79 Å². The van der Waals surface area contributed by atoms with Crippen molar-refractivity contribution in [3.63, 3.8) is 0 Å². The number of thioether (sulfide) groups is 1. The molecule has 3 nitrogen and oxygen atoms in total. The van der Waals surface area contributed by atoms with Gasteiger partial charge in [-0.2, -0.15) is 0 Å². The summed E-state index contributed by atoms with van der Waals surface area (Å²) in [5.74, 6) is 0.569. The Morgan fingerprint density at radius 2 is 1.85 bits per heavy atom. The van der Waals surface area contributed by atoms with E-state index in [4.69, 9.17) is 0 Å². The highest BCUT2D eigenvalue weighted by Gasteiger charge is 2.14. The minimum Gasteiger partial charge on any atom is -0.310 e. The fourth-order valence-corrected chi connectivity index (χ4v) is 2.58. The fourth-order valence-electron chi connectivity index (χ4n) is 1.72. The lowest BCUT2D eigenvalue weighted by Gasteiger charge is -2.12. The van der Waals surface area contributed by atoms with E-state index >= 15 is 0 Å². The summed E-state index contributed by atoms with van der Waals surface area (Å²) < 4.78 is 0. The normalized spacial score (nSPS) is 11.9. The number of nitrogens with zero attached hydrogens (tertiary/aromatic N) is 1. The monoisotopic (exact) mass is 286 g/mol. The second-order valence-corrected chi connectivity index (χ2v) is 6.14. The van der Waals surface area contributed by atoms with Gasteiger partial charge in [0.25, 0.3) is 0 Å². The molecule has 2 aromatic rings. The lowest BCUT2D eigenvalue weighted by atomic mass is 10.2. The van der Waals surface area contributed by atoms with Crippen molar-refractivity contribution >= 4 is 23.5 Å². The third-order valence-electron chi connectivity index (χ3n) is 2.84. The van der Waals surface area contributed by atoms with Crippen molar-refractivity contribution in [2.45, 2.75) is 30.9 Å². The standard InChI is InChI=1S/C16H18N2OS/c1-11-7-9-14(10-8-11)20-13(3)16(19)18-15-6-4-5-12(2)17-15/h4-10,13H,1-3H3,(H,17,18,19)/t13-/m1/s1. The van der Waals surface area contributed by atoms with Crippen LogP contribution in [0.25, 0.3) is 0 Å². The number of hydrogen-bond donors (Lipinski definition) is 1. The Morgan fingerprint density at radius 1 is 1.15 bits per heavy atom. The average Bonchev–Trinajstić information content (AvgIpc) is 2.41. The zero-order chi connectivity index (χ0) is 14.5. The van der Waals surface area contributed by atoms with E-state index in [0.717, 1.165) is 10.6 Å². The molecule has 0 bridgehead atoms. The molecule has 1 atom stereocenters. The quantitative estimate of drug-likeness (QED) is 0.869. The maximum absolute atomic E-state index is 12.1. The molecule has 104 valence electrons. The molecule has 0 aliphatic carbocycles. The van der Waals surface area contributed by atoms with Crippen LogP contribution in [-0.2, 0) is 4.79 Å². The number of aryl methyl sites for hydroxylation is 2. The van der Waals surface area contributed by atoms with Crippen LogP contribution in [0.4, 0.5) is 5.82 Å². The number of carbonyl (C=O) groups is 1. The van der Waals surface area contributed by atoms with Crippen molar-refractivity contribution in [2.24, 2.45) is 0 Å². The third kappa shape index (κ3) is 4.10. The number of nitrogens with one attached hydrogen (secondary N) is 1. The Labute approximate surface area is 123 Å². The van der Waals surface area contributed by atoms with E-state index < -0.39 is 0 Å². The van der Waals surface area contributed by atoms with E-state index in [2.05, 4.69) is 22.4 Å². The molecule has 1 aromatic heterocycles. The maximum Gasteiger partial charge on any atom is 0.238 e. The largest absolute Gasteiger partial charge is 0.310 e. The zero-order valence-electron chi connectivity index (χ0n) is 11.9. The molecule has 1 N–H and O–H groups in total. The number of carbonyl (C=O) groups excluding carboxylic acids is 1. The number of amides is 1. The van der Waals surface area contributed by atoms with E-state index in [1.807, 2.05) is 45.0 Å². The van der Waals surface area contributed by atoms with Gasteiger partial charge in [0.15, 0.2) is 0 Å². The van der Waals surface area contributed by atoms with E-state index in [-0.39, 0.29) is 11.2 Å². The summed E-state index contributed by atoms with van der Waals surface area (Å²) in [6.07, 6.45) is 0. The average molecular weight is 286 g/mol. The summed E-state index contributed by atoms with van der Waals surface area (Å²) >= 11 is 1.54. The van der Waals surface area contributed by atoms with Crippen LogP contribution < -0.4 is 5.32 Å². The lowest BCUT2D eigenvalue weighted by molar-refractivity contribution is -0.115. The number of hydrogen-bond acceptors (Lipinski definition) is 3. The van der Waals surface area contributed by atoms with Crippen LogP contribution in [-0.4, -0.2) is 16.1 Å². The van der Waals surface area contributed by atoms with Crippen LogP contribution in [0.2, 0.25) is 0 Å². The smallest absolute Gasteiger partial charge is 0.238 e. The predicted molar refractivity (Wildman–Crippen MR) is 84.1 cm³/mol. The summed E-state index contributed by atoms with van der Waals surface area (Å²) in [6, 6.07) is 13.8. The van der Waals surface area contributed by atoms with Gasteiger partial charge < -0.3 is 5.32 Å². The topological polar surface area (TPSA) is 42.0 Å². The minimum absolute atomic E-state index is 0.0336. The number of rotatable bonds is 4. The van der Waals surface area contributed by atoms with Crippen molar-refractivity contribution in [3.8, 4) is 0 Å². The van der Waals surface area contributed by atoms with Gasteiger partial charge in [-0.05, 0) is 45.0 Å². The van der Waals surface area contributed by atoms with E-state index in [1.165, 1.54) is 5.56 Å². The van der Waals surface area contributed by atoms with Gasteiger partial charge in [-0.3, -0.25) is 4.79 Å². The third-order valence-corrected chi connectivity index (χ3v) is 3.95. The molecule has 0 unspecified atom stereocenters. The second kappa shape index (κ2) is 6.57. The van der Waals surface area contributed by atoms with Gasteiger partial charge in [-0.25, -0.2) is 4.98 Å². The fraction of sp³-hybridized carbons (Fsp3) is 0.250. The summed E-state index contributed by atoms with van der Waals surface area (Å²) in [4.78, 5) is 17.5. The highest BCUT2D eigenvalue weighted by atomic mass is 32.2. The zero-order valence-corrected chi connectivity index (χ0v) is 12.7. The number of pyridine rings is 1. The molecule has 0 fully saturated rings. The van der Waals surface area contributed by atoms with Gasteiger partial charge in [0.05, 0.1) is 5.25 Å². The molecule has 1 heterocycles. The van der Waals surface area contributed by atoms with Crippen molar-refractivity contribution in [1.29, 1.82) is 0 Å². The van der Waals surface area contributed by atoms with E-state index in [0.29, 0.717) is 5.82 Å². The van der Waals surface area contributed by atoms with E-state index in [9.17, 15) is 4.79 Å². The Morgan fingerprint density at radius 3 is 2.50 bits per heavy atom. The SMILES string of the molecule is Cc1ccc(S[C@H](C)C(=O)Nc2cccc(C)n2)cc1. The molecule has 0 aliphatic heterocycles. The molecule has 20 heavy (non-hydrogen) atoms. The predicted octanol–water partition coefficient (Wildman–Crippen LogP) is 3.82. The summed E-state index contributed by atoms with van der Waals surface area (Å²) in [5.41, 5.74) is 2.11. The summed E-state index contributed by atoms with van der Waals surface area (Å²) in [5, 5.41) is 2.68. The number of anilines is 1. The summed E-state index contributed by atoms with van der Waals surface area (Å²) in [7, 11) is 0. The first-order valence-electron chi connectivity index (χ1n) is 6.52. The molecule has 1 amide bonds. The van der Waals surface area contributed by atoms with Gasteiger partial charge in [0, 0.05) is 10.6 Å². The Hall–Kier alpha value is -1.81. The summed E-state index contributed by atoms with van der Waals surface area (Å²) in [6.45, 7) is 5.85. The Bertz CT molecular complexity index is 596. The van der Waals surface area contributed by atoms with Crippen molar-refractivity contribution in [1.82, 2.24) is 4.98 Å². The Balaban J connectivity index is 1.96. The van der Waals surface area contributed by atoms with Crippen LogP contribution in [0, 0.1) is 13.8 Å². The first-order chi connectivity index (χ1) is 9.54. The van der Waals surface area contributed by atoms with Crippen LogP contribution >= 0.6 is 11.8 Å². The molecule has 0 spiro atoms. The molecular weight excluding hydrogens is 268 g/mol. The van der Waals surface area contributed by atoms with Gasteiger partial charge in [-0.1, -0.05) is 23.8 Å². The molecule has 1 aromatic carbocycles. The first kappa shape index (κ1) is 14.6. The highest BCUT2D eigenvalue weighted by Crippen LogP contribution is 2.24. The molecule has 2 rings (SSSR count). The minimum atomic E-state index is -0.167. The van der Waals surface area contributed by atoms with Gasteiger partial charge in [0.1, 0.15) is 5.82 Å². The van der Waals surface area contributed by atoms with Gasteiger partial charge in [0.2, 0.25) is 5.91 Å². The van der Waals surface area contributed by atoms with Crippen LogP contribution in [0.1, 0.15) is 18.2 Å². The maximum atomic E-state index is 12.1. The van der Waals surface area contributed by atoms with Gasteiger partial charge >= 0.3 is 0 Å². The van der Waals surface area contributed by atoms with E-state index in [1.54, 1.807) is 17.8 Å². The van der Waals surface area contributed by atoms with Crippen molar-refractivity contribution in [3.05, 3.63) is 53.7 Å². The molecular formula is C16H18N2OS. The van der Waals surface area contributed by atoms with Crippen LogP contribution in [0.5, 0.6) is 0 Å². The lowest BCUT2D eigenvalue weighted by Crippen LogP contribution is -2.23. The second-order valence-electron chi connectivity index (χ2n) is 4.73. The van der Waals surface area contributed by atoms with Gasteiger partial charge in [-0.15, -0.1) is 11.8 Å². The number of benzene rings is 1. The molecule has 0 radical (unpaired) electrons. The van der Waals surface area contributed by atoms with Crippen LogP contribution in [0.15, 0.2) is 47.4 Å². The molecule has 4 heteroatoms. The number of aromatic nitrogens is 1.